The molecule has 2 fully saturated rings. The molecule has 1 aromatic carbocycles. The summed E-state index contributed by atoms with van der Waals surface area (Å²) in [5.41, 5.74) is 8.84. The number of nitrogen functional groups attached to an aromatic ring is 1. The molecule has 2 aliphatic heterocycles. The summed E-state index contributed by atoms with van der Waals surface area (Å²) in [4.78, 5) is 26.7. The summed E-state index contributed by atoms with van der Waals surface area (Å²) in [5, 5.41) is 17.5. The molecule has 0 aliphatic carbocycles. The Bertz CT molecular complexity index is 1310. The third-order valence-electron chi connectivity index (χ3n) is 8.12. The fraction of sp³-hybridized carbons (Fsp3) is 0.586. The third kappa shape index (κ3) is 6.71. The summed E-state index contributed by atoms with van der Waals surface area (Å²) in [6.07, 6.45) is 6.25. The van der Waals surface area contributed by atoms with E-state index >= 15 is 0 Å². The van der Waals surface area contributed by atoms with E-state index in [-0.39, 0.29) is 24.5 Å². The number of carbonyl (C=O) groups excluding carboxylic acids is 1. The highest BCUT2D eigenvalue weighted by Gasteiger charge is 2.28. The molecule has 5 rings (SSSR count). The number of aliphatic hydroxyl groups excluding tert-OH is 1. The van der Waals surface area contributed by atoms with Crippen molar-refractivity contribution in [2.24, 2.45) is 0 Å². The van der Waals surface area contributed by atoms with Gasteiger partial charge in [-0.1, -0.05) is 19.4 Å². The quantitative estimate of drug-likeness (QED) is 0.316. The average Bonchev–Trinajstić information content (AvgIpc) is 3.40. The van der Waals surface area contributed by atoms with Crippen LogP contribution in [0.5, 0.6) is 5.75 Å². The van der Waals surface area contributed by atoms with Gasteiger partial charge in [-0.25, -0.2) is 4.98 Å². The summed E-state index contributed by atoms with van der Waals surface area (Å²) >= 11 is 0. The zero-order chi connectivity index (χ0) is 28.8. The predicted molar refractivity (Wildman–Crippen MR) is 157 cm³/mol. The molecule has 0 bridgehead atoms. The number of amides is 1. The lowest BCUT2D eigenvalue weighted by Gasteiger charge is -2.40. The van der Waals surface area contributed by atoms with E-state index in [2.05, 4.69) is 32.2 Å². The van der Waals surface area contributed by atoms with Gasteiger partial charge in [0.1, 0.15) is 16.8 Å². The van der Waals surface area contributed by atoms with E-state index in [1.807, 2.05) is 27.8 Å². The van der Waals surface area contributed by atoms with Crippen LogP contribution in [0.4, 0.5) is 11.8 Å². The molecule has 41 heavy (non-hydrogen) atoms. The van der Waals surface area contributed by atoms with Gasteiger partial charge in [0.2, 0.25) is 5.95 Å². The molecule has 12 heteroatoms. The highest BCUT2D eigenvalue weighted by atomic mass is 16.5. The van der Waals surface area contributed by atoms with Gasteiger partial charge in [0, 0.05) is 69.2 Å². The molecule has 2 aliphatic rings. The predicted octanol–water partition coefficient (Wildman–Crippen LogP) is 2.37. The number of nitrogens with two attached hydrogens (primary N) is 1. The molecule has 4 heterocycles. The van der Waals surface area contributed by atoms with Crippen LogP contribution in [0.1, 0.15) is 54.9 Å². The Morgan fingerprint density at radius 3 is 2.68 bits per heavy atom. The van der Waals surface area contributed by atoms with Crippen molar-refractivity contribution in [1.82, 2.24) is 29.5 Å². The van der Waals surface area contributed by atoms with Gasteiger partial charge < -0.3 is 30.5 Å². The number of ether oxygens (including phenoxy) is 2. The van der Waals surface area contributed by atoms with E-state index < -0.39 is 0 Å². The second kappa shape index (κ2) is 13.5. The number of carbonyl (C=O) groups is 1. The Hall–Kier alpha value is -3.48. The van der Waals surface area contributed by atoms with Crippen molar-refractivity contribution >= 4 is 28.7 Å². The van der Waals surface area contributed by atoms with Crippen molar-refractivity contribution in [1.29, 1.82) is 0 Å². The number of piperazine rings is 1. The molecule has 222 valence electrons. The van der Waals surface area contributed by atoms with Crippen molar-refractivity contribution in [3.8, 4) is 5.75 Å². The number of benzene rings is 1. The minimum absolute atomic E-state index is 0.0206. The van der Waals surface area contributed by atoms with Gasteiger partial charge in [-0.15, -0.1) is 0 Å². The van der Waals surface area contributed by atoms with E-state index in [1.54, 1.807) is 13.3 Å². The monoisotopic (exact) mass is 566 g/mol. The zero-order valence-electron chi connectivity index (χ0n) is 24.1. The molecule has 1 atom stereocenters. The van der Waals surface area contributed by atoms with E-state index in [1.165, 1.54) is 0 Å². The van der Waals surface area contributed by atoms with Gasteiger partial charge in [0.05, 0.1) is 19.9 Å². The van der Waals surface area contributed by atoms with Gasteiger partial charge >= 0.3 is 0 Å². The highest BCUT2D eigenvalue weighted by molar-refractivity contribution is 5.95. The normalized spacial score (nSPS) is 17.6. The third-order valence-corrected chi connectivity index (χ3v) is 8.12. The molecule has 2 saturated heterocycles. The molecule has 0 unspecified atom stereocenters. The molecule has 2 aromatic heterocycles. The Balaban J connectivity index is 1.32. The standard InChI is InChI=1S/C29H42N8O4/c1-3-4-22(7-14-38)32-27-26-24(33-29(30)34-27)18-31-37(26)19-21-6-5-20(17-25(21)40-2)28(39)36-12-10-35(11-13-36)23-8-15-41-16-9-23/h5-6,17-18,22-23,38H,3-4,7-16,19H2,1-2H3,(H3,30,32,33,34)/t22-/m0/s1. The second-order valence-electron chi connectivity index (χ2n) is 10.8. The van der Waals surface area contributed by atoms with E-state index in [9.17, 15) is 9.90 Å². The van der Waals surface area contributed by atoms with Gasteiger partial charge in [0.25, 0.3) is 5.91 Å². The number of aliphatic hydroxyl groups is 1. The van der Waals surface area contributed by atoms with Crippen LogP contribution in [0.25, 0.3) is 11.0 Å². The number of anilines is 2. The molecule has 3 aromatic rings. The number of hydrogen-bond acceptors (Lipinski definition) is 10. The maximum Gasteiger partial charge on any atom is 0.254 e. The smallest absolute Gasteiger partial charge is 0.254 e. The second-order valence-corrected chi connectivity index (χ2v) is 10.8. The van der Waals surface area contributed by atoms with Gasteiger partial charge in [-0.3, -0.25) is 14.4 Å². The number of aromatic nitrogens is 4. The Kier molecular flexibility index (Phi) is 9.53. The Morgan fingerprint density at radius 1 is 1.20 bits per heavy atom. The average molecular weight is 567 g/mol. The first kappa shape index (κ1) is 29.0. The summed E-state index contributed by atoms with van der Waals surface area (Å²) in [5.74, 6) is 1.39. The number of hydrogen-bond donors (Lipinski definition) is 3. The highest BCUT2D eigenvalue weighted by Crippen LogP contribution is 2.27. The summed E-state index contributed by atoms with van der Waals surface area (Å²) in [6, 6.07) is 6.21. The van der Waals surface area contributed by atoms with Gasteiger partial charge in [-0.2, -0.15) is 10.1 Å². The first-order valence-electron chi connectivity index (χ1n) is 14.6. The lowest BCUT2D eigenvalue weighted by molar-refractivity contribution is 0.0137. The summed E-state index contributed by atoms with van der Waals surface area (Å²) in [7, 11) is 1.61. The number of methoxy groups -OCH3 is 1. The maximum atomic E-state index is 13.4. The Labute approximate surface area is 240 Å². The number of rotatable bonds is 11. The van der Waals surface area contributed by atoms with Crippen LogP contribution in [0.2, 0.25) is 0 Å². The van der Waals surface area contributed by atoms with E-state index in [0.717, 1.165) is 63.1 Å². The van der Waals surface area contributed by atoms with Crippen LogP contribution in [-0.2, 0) is 11.3 Å². The molecular weight excluding hydrogens is 524 g/mol. The lowest BCUT2D eigenvalue weighted by Crippen LogP contribution is -2.53. The van der Waals surface area contributed by atoms with Crippen LogP contribution in [-0.4, -0.2) is 106 Å². The first-order valence-corrected chi connectivity index (χ1v) is 14.6. The van der Waals surface area contributed by atoms with Crippen molar-refractivity contribution in [2.45, 2.75) is 57.7 Å². The van der Waals surface area contributed by atoms with Gasteiger partial charge in [-0.05, 0) is 37.8 Å². The fourth-order valence-electron chi connectivity index (χ4n) is 5.92. The zero-order valence-corrected chi connectivity index (χ0v) is 24.1. The Morgan fingerprint density at radius 2 is 1.98 bits per heavy atom. The largest absolute Gasteiger partial charge is 0.496 e. The molecule has 0 saturated carbocycles. The summed E-state index contributed by atoms with van der Waals surface area (Å²) < 4.78 is 13.1. The van der Waals surface area contributed by atoms with E-state index in [0.29, 0.717) is 54.7 Å². The maximum absolute atomic E-state index is 13.4. The minimum atomic E-state index is 0.0206. The molecule has 0 spiro atoms. The number of fused-ring (bicyclic) bond motifs is 1. The van der Waals surface area contributed by atoms with Crippen molar-refractivity contribution in [2.75, 3.05) is 64.2 Å². The van der Waals surface area contributed by atoms with Crippen LogP contribution >= 0.6 is 0 Å². The molecule has 1 amide bonds. The van der Waals surface area contributed by atoms with Crippen LogP contribution in [0.15, 0.2) is 24.4 Å². The van der Waals surface area contributed by atoms with Crippen molar-refractivity contribution < 1.29 is 19.4 Å². The molecule has 12 nitrogen and oxygen atoms in total. The van der Waals surface area contributed by atoms with Crippen molar-refractivity contribution in [3.63, 3.8) is 0 Å². The minimum Gasteiger partial charge on any atom is -0.496 e. The van der Waals surface area contributed by atoms with Gasteiger partial charge in [0.15, 0.2) is 5.82 Å². The van der Waals surface area contributed by atoms with Crippen LogP contribution in [0.3, 0.4) is 0 Å². The lowest BCUT2D eigenvalue weighted by atomic mass is 10.1. The molecular formula is C29H42N8O4. The van der Waals surface area contributed by atoms with Crippen LogP contribution < -0.4 is 15.8 Å². The SMILES string of the molecule is CCC[C@@H](CCO)Nc1nc(N)nc2cnn(Cc3ccc(C(=O)N4CCN(C5CCOCC5)CC4)cc3OC)c12. The molecule has 0 radical (unpaired) electrons. The summed E-state index contributed by atoms with van der Waals surface area (Å²) in [6.45, 7) is 7.44. The van der Waals surface area contributed by atoms with Crippen molar-refractivity contribution in [3.05, 3.63) is 35.5 Å². The van der Waals surface area contributed by atoms with Crippen LogP contribution in [0, 0.1) is 0 Å². The fourth-order valence-corrected chi connectivity index (χ4v) is 5.92. The molecule has 4 N–H and O–H groups in total. The number of nitrogens with one attached hydrogen (secondary N) is 1. The topological polar surface area (TPSA) is 144 Å². The first-order chi connectivity index (χ1) is 20.0. The number of nitrogens with zero attached hydrogens (tertiary/aromatic N) is 6. The van der Waals surface area contributed by atoms with E-state index in [4.69, 9.17) is 15.2 Å².